The quantitative estimate of drug-likeness (QED) is 0.665. The van der Waals surface area contributed by atoms with Gasteiger partial charge in [-0.3, -0.25) is 4.79 Å². The van der Waals surface area contributed by atoms with Gasteiger partial charge in [-0.2, -0.15) is 0 Å². The van der Waals surface area contributed by atoms with Gasteiger partial charge >= 0.3 is 0 Å². The van der Waals surface area contributed by atoms with E-state index in [0.29, 0.717) is 29.7 Å². The van der Waals surface area contributed by atoms with E-state index in [0.717, 1.165) is 17.0 Å². The molecule has 0 fully saturated rings. The molecular weight excluding hydrogens is 372 g/mol. The topological polar surface area (TPSA) is 94.6 Å². The Bertz CT molecular complexity index is 1040. The van der Waals surface area contributed by atoms with Crippen LogP contribution in [0.25, 0.3) is 0 Å². The lowest BCUT2D eigenvalue weighted by atomic mass is 10.2. The summed E-state index contributed by atoms with van der Waals surface area (Å²) in [6.07, 6.45) is 0. The van der Waals surface area contributed by atoms with Crippen molar-refractivity contribution in [3.8, 4) is 17.2 Å². The largest absolute Gasteiger partial charge is 0.497 e. The summed E-state index contributed by atoms with van der Waals surface area (Å²) in [6, 6.07) is 14.6. The number of fused-ring (bicyclic) bond motifs is 1. The van der Waals surface area contributed by atoms with Crippen molar-refractivity contribution in [1.29, 1.82) is 0 Å². The molecule has 148 valence electrons. The predicted octanol–water partition coefficient (Wildman–Crippen LogP) is 3.20. The highest BCUT2D eigenvalue weighted by molar-refractivity contribution is 5.93. The summed E-state index contributed by atoms with van der Waals surface area (Å²) in [5.74, 6) is 2.90. The predicted molar refractivity (Wildman–Crippen MR) is 107 cm³/mol. The number of rotatable bonds is 6. The second kappa shape index (κ2) is 8.05. The highest BCUT2D eigenvalue weighted by atomic mass is 16.7. The number of aryl methyl sites for hydroxylation is 1. The highest BCUT2D eigenvalue weighted by Crippen LogP contribution is 2.32. The first kappa shape index (κ1) is 18.5. The lowest BCUT2D eigenvalue weighted by Crippen LogP contribution is -2.24. The number of carbonyl (C=O) groups is 1. The Morgan fingerprint density at radius 3 is 2.66 bits per heavy atom. The Hall–Kier alpha value is -3.81. The summed E-state index contributed by atoms with van der Waals surface area (Å²) in [7, 11) is 1.62. The van der Waals surface area contributed by atoms with Crippen LogP contribution in [-0.2, 0) is 6.54 Å². The number of hydrogen-bond acceptors (Lipinski definition) is 7. The van der Waals surface area contributed by atoms with Gasteiger partial charge in [0.1, 0.15) is 23.1 Å². The maximum absolute atomic E-state index is 12.6. The molecule has 2 aromatic carbocycles. The Morgan fingerprint density at radius 1 is 1.07 bits per heavy atom. The van der Waals surface area contributed by atoms with Gasteiger partial charge in [0.15, 0.2) is 11.5 Å². The zero-order chi connectivity index (χ0) is 20.2. The zero-order valence-electron chi connectivity index (χ0n) is 16.1. The second-order valence-electron chi connectivity index (χ2n) is 6.41. The van der Waals surface area contributed by atoms with Gasteiger partial charge in [-0.15, -0.1) is 0 Å². The summed E-state index contributed by atoms with van der Waals surface area (Å²) in [6.45, 7) is 2.31. The summed E-state index contributed by atoms with van der Waals surface area (Å²) in [5.41, 5.74) is 2.02. The third kappa shape index (κ3) is 4.37. The van der Waals surface area contributed by atoms with E-state index in [9.17, 15) is 4.79 Å². The van der Waals surface area contributed by atoms with E-state index in [1.54, 1.807) is 20.1 Å². The van der Waals surface area contributed by atoms with Crippen LogP contribution in [0.3, 0.4) is 0 Å². The number of benzene rings is 2. The van der Waals surface area contributed by atoms with Crippen molar-refractivity contribution in [2.24, 2.45) is 0 Å². The molecule has 2 N–H and O–H groups in total. The molecule has 0 radical (unpaired) electrons. The van der Waals surface area contributed by atoms with E-state index in [4.69, 9.17) is 14.2 Å². The average Bonchev–Trinajstić information content (AvgIpc) is 3.20. The molecule has 1 aliphatic heterocycles. The molecule has 0 spiro atoms. The van der Waals surface area contributed by atoms with Crippen LogP contribution in [0.1, 0.15) is 21.9 Å². The average molecular weight is 392 g/mol. The van der Waals surface area contributed by atoms with Crippen LogP contribution in [0.4, 0.5) is 11.5 Å². The van der Waals surface area contributed by atoms with Crippen molar-refractivity contribution >= 4 is 17.4 Å². The van der Waals surface area contributed by atoms with E-state index < -0.39 is 0 Å². The van der Waals surface area contributed by atoms with E-state index in [-0.39, 0.29) is 18.4 Å². The molecule has 0 saturated carbocycles. The number of hydrogen-bond donors (Lipinski definition) is 2. The fourth-order valence-corrected chi connectivity index (χ4v) is 2.89. The van der Waals surface area contributed by atoms with Gasteiger partial charge in [-0.05, 0) is 48.9 Å². The van der Waals surface area contributed by atoms with Gasteiger partial charge in [0.25, 0.3) is 5.91 Å². The number of ether oxygens (including phenoxy) is 3. The van der Waals surface area contributed by atoms with Gasteiger partial charge in [0.05, 0.1) is 7.11 Å². The van der Waals surface area contributed by atoms with Crippen LogP contribution in [-0.4, -0.2) is 29.8 Å². The van der Waals surface area contributed by atoms with Crippen molar-refractivity contribution in [2.75, 3.05) is 19.2 Å². The third-order valence-electron chi connectivity index (χ3n) is 4.32. The van der Waals surface area contributed by atoms with Crippen LogP contribution in [0.2, 0.25) is 0 Å². The second-order valence-corrected chi connectivity index (χ2v) is 6.41. The molecule has 0 bridgehead atoms. The van der Waals surface area contributed by atoms with Crippen LogP contribution in [0.5, 0.6) is 17.2 Å². The first-order chi connectivity index (χ1) is 14.1. The first-order valence-electron chi connectivity index (χ1n) is 9.04. The summed E-state index contributed by atoms with van der Waals surface area (Å²) in [5, 5.41) is 6.05. The lowest BCUT2D eigenvalue weighted by Gasteiger charge is -2.10. The molecule has 8 nitrogen and oxygen atoms in total. The monoisotopic (exact) mass is 392 g/mol. The van der Waals surface area contributed by atoms with Gasteiger partial charge in [-0.25, -0.2) is 9.97 Å². The number of nitrogens with zero attached hydrogens (tertiary/aromatic N) is 2. The molecule has 1 amide bonds. The maximum Gasteiger partial charge on any atom is 0.270 e. The van der Waals surface area contributed by atoms with Gasteiger partial charge in [0, 0.05) is 18.3 Å². The van der Waals surface area contributed by atoms with Crippen LogP contribution < -0.4 is 24.8 Å². The Morgan fingerprint density at radius 2 is 1.86 bits per heavy atom. The minimum absolute atomic E-state index is 0.218. The van der Waals surface area contributed by atoms with Crippen molar-refractivity contribution in [3.05, 3.63) is 65.6 Å². The van der Waals surface area contributed by atoms with E-state index in [1.807, 2.05) is 42.5 Å². The molecule has 0 saturated heterocycles. The minimum Gasteiger partial charge on any atom is -0.497 e. The van der Waals surface area contributed by atoms with Crippen molar-refractivity contribution in [2.45, 2.75) is 13.5 Å². The molecular formula is C21H20N4O4. The van der Waals surface area contributed by atoms with Crippen molar-refractivity contribution in [3.63, 3.8) is 0 Å². The summed E-state index contributed by atoms with van der Waals surface area (Å²) >= 11 is 0. The van der Waals surface area contributed by atoms with Crippen LogP contribution >= 0.6 is 0 Å². The Labute approximate surface area is 167 Å². The van der Waals surface area contributed by atoms with Crippen LogP contribution in [0.15, 0.2) is 48.5 Å². The smallest absolute Gasteiger partial charge is 0.270 e. The number of methoxy groups -OCH3 is 1. The van der Waals surface area contributed by atoms with Crippen molar-refractivity contribution in [1.82, 2.24) is 15.3 Å². The molecule has 0 unspecified atom stereocenters. The molecule has 4 rings (SSSR count). The molecule has 0 atom stereocenters. The van der Waals surface area contributed by atoms with E-state index in [1.165, 1.54) is 0 Å². The summed E-state index contributed by atoms with van der Waals surface area (Å²) in [4.78, 5) is 21.2. The molecule has 2 heterocycles. The molecule has 3 aromatic rings. The number of carbonyl (C=O) groups excluding carboxylic acids is 1. The van der Waals surface area contributed by atoms with E-state index >= 15 is 0 Å². The first-order valence-corrected chi connectivity index (χ1v) is 9.04. The van der Waals surface area contributed by atoms with Crippen LogP contribution in [0, 0.1) is 6.92 Å². The summed E-state index contributed by atoms with van der Waals surface area (Å²) < 4.78 is 15.8. The minimum atomic E-state index is -0.286. The number of aromatic nitrogens is 2. The zero-order valence-corrected chi connectivity index (χ0v) is 16.1. The SMILES string of the molecule is COc1ccc(Nc2cc(C(=O)NCc3ccc4c(c3)OCO4)nc(C)n2)cc1. The van der Waals surface area contributed by atoms with Crippen molar-refractivity contribution < 1.29 is 19.0 Å². The molecule has 8 heteroatoms. The fourth-order valence-electron chi connectivity index (χ4n) is 2.89. The van der Waals surface area contributed by atoms with Gasteiger partial charge < -0.3 is 24.8 Å². The van der Waals surface area contributed by atoms with E-state index in [2.05, 4.69) is 20.6 Å². The molecule has 1 aliphatic rings. The molecule has 1 aromatic heterocycles. The normalized spacial score (nSPS) is 11.8. The van der Waals surface area contributed by atoms with Gasteiger partial charge in [0.2, 0.25) is 6.79 Å². The standard InChI is InChI=1S/C21H20N4O4/c1-13-23-17(10-20(24-13)25-15-4-6-16(27-2)7-5-15)21(26)22-11-14-3-8-18-19(9-14)29-12-28-18/h3-10H,11-12H2,1-2H3,(H,22,26)(H,23,24,25). The highest BCUT2D eigenvalue weighted by Gasteiger charge is 2.15. The Kier molecular flexibility index (Phi) is 5.15. The number of amides is 1. The Balaban J connectivity index is 1.44. The number of nitrogens with one attached hydrogen (secondary N) is 2. The number of anilines is 2. The fraction of sp³-hybridized carbons (Fsp3) is 0.190. The van der Waals surface area contributed by atoms with Gasteiger partial charge in [-0.1, -0.05) is 6.07 Å². The third-order valence-corrected chi connectivity index (χ3v) is 4.32. The molecule has 29 heavy (non-hydrogen) atoms. The maximum atomic E-state index is 12.6. The lowest BCUT2D eigenvalue weighted by molar-refractivity contribution is 0.0945. The molecule has 0 aliphatic carbocycles.